The Bertz CT molecular complexity index is 983. The lowest BCUT2D eigenvalue weighted by Crippen LogP contribution is -2.61. The van der Waals surface area contributed by atoms with Gasteiger partial charge >= 0.3 is 0 Å². The number of aromatic nitrogens is 1. The lowest BCUT2D eigenvalue weighted by Gasteiger charge is -2.50. The number of methoxy groups -OCH3 is 2. The van der Waals surface area contributed by atoms with Crippen LogP contribution in [0.2, 0.25) is 0 Å². The number of carbonyl (C=O) groups is 2. The average Bonchev–Trinajstić information content (AvgIpc) is 2.75. The SMILES string of the molecule is COCC1(COC)CNCCC1(O)c1ccc2ncc(C3CCC(=O)NC3=O)cc2c1. The molecular weight excluding hydrogens is 398 g/mol. The molecule has 31 heavy (non-hydrogen) atoms. The normalized spacial score (nSPS) is 26.1. The number of amides is 2. The zero-order valence-electron chi connectivity index (χ0n) is 17.9. The van der Waals surface area contributed by atoms with E-state index in [1.165, 1.54) is 0 Å². The molecule has 3 heterocycles. The molecule has 8 heteroatoms. The number of ether oxygens (including phenoxy) is 2. The largest absolute Gasteiger partial charge is 0.384 e. The number of fused-ring (bicyclic) bond motifs is 1. The number of benzene rings is 1. The number of piperidine rings is 2. The van der Waals surface area contributed by atoms with Gasteiger partial charge in [0.25, 0.3) is 0 Å². The second-order valence-electron chi connectivity index (χ2n) is 8.61. The van der Waals surface area contributed by atoms with Gasteiger partial charge in [-0.3, -0.25) is 19.9 Å². The topological polar surface area (TPSA) is 110 Å². The van der Waals surface area contributed by atoms with E-state index in [4.69, 9.17) is 9.47 Å². The van der Waals surface area contributed by atoms with Crippen LogP contribution in [0.1, 0.15) is 36.3 Å². The maximum Gasteiger partial charge on any atom is 0.234 e. The fraction of sp³-hybridized carbons (Fsp3) is 0.522. The third-order valence-corrected chi connectivity index (χ3v) is 6.67. The van der Waals surface area contributed by atoms with Crippen molar-refractivity contribution in [3.63, 3.8) is 0 Å². The first-order valence-electron chi connectivity index (χ1n) is 10.6. The quantitative estimate of drug-likeness (QED) is 0.595. The van der Waals surface area contributed by atoms with Crippen molar-refractivity contribution in [1.82, 2.24) is 15.6 Å². The molecule has 166 valence electrons. The van der Waals surface area contributed by atoms with Crippen molar-refractivity contribution in [3.05, 3.63) is 41.6 Å². The molecule has 1 aromatic heterocycles. The first-order chi connectivity index (χ1) is 14.9. The van der Waals surface area contributed by atoms with E-state index in [1.54, 1.807) is 20.4 Å². The second kappa shape index (κ2) is 8.63. The van der Waals surface area contributed by atoms with Crippen LogP contribution in [0, 0.1) is 5.41 Å². The molecule has 0 aliphatic carbocycles. The summed E-state index contributed by atoms with van der Waals surface area (Å²) in [5, 5.41) is 18.6. The van der Waals surface area contributed by atoms with Gasteiger partial charge in [0.1, 0.15) is 5.60 Å². The van der Waals surface area contributed by atoms with Crippen LogP contribution in [-0.2, 0) is 24.7 Å². The van der Waals surface area contributed by atoms with Crippen LogP contribution < -0.4 is 10.6 Å². The smallest absolute Gasteiger partial charge is 0.234 e. The molecule has 2 fully saturated rings. The van der Waals surface area contributed by atoms with E-state index >= 15 is 0 Å². The zero-order valence-corrected chi connectivity index (χ0v) is 17.9. The highest BCUT2D eigenvalue weighted by Crippen LogP contribution is 2.45. The minimum absolute atomic E-state index is 0.238. The van der Waals surface area contributed by atoms with Crippen molar-refractivity contribution in [3.8, 4) is 0 Å². The number of imide groups is 1. The fourth-order valence-electron chi connectivity index (χ4n) is 5.00. The van der Waals surface area contributed by atoms with Gasteiger partial charge in [0.05, 0.1) is 30.1 Å². The highest BCUT2D eigenvalue weighted by Gasteiger charge is 2.53. The minimum Gasteiger partial charge on any atom is -0.384 e. The molecule has 1 aromatic carbocycles. The van der Waals surface area contributed by atoms with Crippen LogP contribution in [0.3, 0.4) is 0 Å². The maximum absolute atomic E-state index is 12.3. The molecule has 2 aliphatic rings. The zero-order chi connectivity index (χ0) is 22.1. The van der Waals surface area contributed by atoms with Crippen molar-refractivity contribution in [2.24, 2.45) is 5.41 Å². The summed E-state index contributed by atoms with van der Waals surface area (Å²) in [7, 11) is 3.26. The van der Waals surface area contributed by atoms with Gasteiger partial charge in [0.2, 0.25) is 11.8 Å². The second-order valence-corrected chi connectivity index (χ2v) is 8.61. The molecule has 8 nitrogen and oxygen atoms in total. The van der Waals surface area contributed by atoms with E-state index in [0.29, 0.717) is 45.6 Å². The summed E-state index contributed by atoms with van der Waals surface area (Å²) < 4.78 is 11.0. The van der Waals surface area contributed by atoms with Gasteiger partial charge in [-0.15, -0.1) is 0 Å². The third kappa shape index (κ3) is 3.85. The molecular formula is C23H29N3O5. The Hall–Kier alpha value is -2.39. The molecule has 3 N–H and O–H groups in total. The van der Waals surface area contributed by atoms with Crippen LogP contribution in [0.4, 0.5) is 0 Å². The highest BCUT2D eigenvalue weighted by atomic mass is 16.5. The predicted octanol–water partition coefficient (Wildman–Crippen LogP) is 1.22. The first kappa shape index (κ1) is 21.8. The maximum atomic E-state index is 12.3. The number of hydrogen-bond donors (Lipinski definition) is 3. The lowest BCUT2D eigenvalue weighted by molar-refractivity contribution is -0.164. The van der Waals surface area contributed by atoms with E-state index in [0.717, 1.165) is 22.0 Å². The van der Waals surface area contributed by atoms with Gasteiger partial charge in [-0.2, -0.15) is 0 Å². The van der Waals surface area contributed by atoms with Crippen molar-refractivity contribution in [1.29, 1.82) is 0 Å². The Balaban J connectivity index is 1.75. The molecule has 2 amide bonds. The van der Waals surface area contributed by atoms with Gasteiger partial charge in [-0.1, -0.05) is 6.07 Å². The van der Waals surface area contributed by atoms with Crippen LogP contribution in [-0.4, -0.2) is 62.4 Å². The Morgan fingerprint density at radius 3 is 2.68 bits per heavy atom. The number of hydrogen-bond acceptors (Lipinski definition) is 7. The summed E-state index contributed by atoms with van der Waals surface area (Å²) in [5.41, 5.74) is 0.534. The fourth-order valence-corrected chi connectivity index (χ4v) is 5.00. The predicted molar refractivity (Wildman–Crippen MR) is 114 cm³/mol. The Morgan fingerprint density at radius 1 is 1.19 bits per heavy atom. The first-order valence-corrected chi connectivity index (χ1v) is 10.6. The summed E-state index contributed by atoms with van der Waals surface area (Å²) in [6.45, 7) is 1.93. The number of aliphatic hydroxyl groups is 1. The van der Waals surface area contributed by atoms with Gasteiger partial charge in [-0.25, -0.2) is 0 Å². The average molecular weight is 428 g/mol. The van der Waals surface area contributed by atoms with Crippen molar-refractivity contribution in [2.75, 3.05) is 40.5 Å². The molecule has 0 spiro atoms. The van der Waals surface area contributed by atoms with E-state index in [9.17, 15) is 14.7 Å². The van der Waals surface area contributed by atoms with E-state index < -0.39 is 16.9 Å². The van der Waals surface area contributed by atoms with E-state index in [-0.39, 0.29) is 11.8 Å². The molecule has 0 radical (unpaired) electrons. The van der Waals surface area contributed by atoms with Gasteiger partial charge in [0.15, 0.2) is 0 Å². The van der Waals surface area contributed by atoms with Crippen molar-refractivity contribution >= 4 is 22.7 Å². The number of nitrogens with one attached hydrogen (secondary N) is 2. The summed E-state index contributed by atoms with van der Waals surface area (Å²) >= 11 is 0. The third-order valence-electron chi connectivity index (χ3n) is 6.67. The lowest BCUT2D eigenvalue weighted by atomic mass is 9.65. The van der Waals surface area contributed by atoms with Crippen molar-refractivity contribution in [2.45, 2.75) is 30.8 Å². The number of rotatable bonds is 6. The molecule has 2 atom stereocenters. The minimum atomic E-state index is -1.15. The molecule has 2 aromatic rings. The number of carbonyl (C=O) groups excluding carboxylic acids is 2. The Labute approximate surface area is 181 Å². The summed E-state index contributed by atoms with van der Waals surface area (Å²) in [4.78, 5) is 28.3. The number of pyridine rings is 1. The Morgan fingerprint density at radius 2 is 1.97 bits per heavy atom. The monoisotopic (exact) mass is 427 g/mol. The molecule has 2 saturated heterocycles. The Kier molecular flexibility index (Phi) is 6.07. The van der Waals surface area contributed by atoms with Crippen LogP contribution in [0.15, 0.2) is 30.5 Å². The van der Waals surface area contributed by atoms with Gasteiger partial charge in [0, 0.05) is 38.8 Å². The summed E-state index contributed by atoms with van der Waals surface area (Å²) in [6.07, 6.45) is 3.00. The van der Waals surface area contributed by atoms with Crippen LogP contribution in [0.25, 0.3) is 10.9 Å². The molecule has 2 unspecified atom stereocenters. The summed E-state index contributed by atoms with van der Waals surface area (Å²) in [5.74, 6) is -0.927. The van der Waals surface area contributed by atoms with E-state index in [1.807, 2.05) is 24.3 Å². The number of nitrogens with zero attached hydrogens (tertiary/aromatic N) is 1. The van der Waals surface area contributed by atoms with Crippen LogP contribution in [0.5, 0.6) is 0 Å². The molecule has 0 bridgehead atoms. The van der Waals surface area contributed by atoms with Gasteiger partial charge < -0.3 is 19.9 Å². The molecule has 2 aliphatic heterocycles. The molecule has 0 saturated carbocycles. The van der Waals surface area contributed by atoms with Gasteiger partial charge in [-0.05, 0) is 48.7 Å². The summed E-state index contributed by atoms with van der Waals surface area (Å²) in [6, 6.07) is 7.68. The highest BCUT2D eigenvalue weighted by molar-refractivity contribution is 6.01. The molecule has 4 rings (SSSR count). The standard InChI is InChI=1S/C23H29N3O5/c1-30-13-22(14-31-2)12-24-8-7-23(22,29)17-3-5-19-15(10-17)9-16(11-25-19)18-4-6-20(27)26-21(18)28/h3,5,9-11,18,24,29H,4,6-8,12-14H2,1-2H3,(H,26,27,28). The van der Waals surface area contributed by atoms with Crippen molar-refractivity contribution < 1.29 is 24.2 Å². The van der Waals surface area contributed by atoms with Crippen LogP contribution >= 0.6 is 0 Å². The van der Waals surface area contributed by atoms with E-state index in [2.05, 4.69) is 15.6 Å².